The smallest absolute Gasteiger partial charge is 0.123 e. The summed E-state index contributed by atoms with van der Waals surface area (Å²) >= 11 is 0. The third-order valence-electron chi connectivity index (χ3n) is 5.83. The first-order valence-corrected chi connectivity index (χ1v) is 12.1. The topological polar surface area (TPSA) is 50.7 Å². The third-order valence-corrected chi connectivity index (χ3v) is 5.83. The van der Waals surface area contributed by atoms with Crippen LogP contribution in [0, 0.1) is 0 Å². The number of ether oxygens (including phenoxy) is 2. The molecule has 0 aromatic heterocycles. The highest BCUT2D eigenvalue weighted by molar-refractivity contribution is 5.40. The summed E-state index contributed by atoms with van der Waals surface area (Å²) < 4.78 is 12.1. The van der Waals surface area contributed by atoms with Crippen molar-refractivity contribution in [3.8, 4) is 11.5 Å². The molecule has 0 fully saturated rings. The number of benzene rings is 4. The minimum absolute atomic E-state index is 0.235. The largest absolute Gasteiger partial charge is 0.489 e. The molecule has 0 unspecified atom stereocenters. The van der Waals surface area contributed by atoms with Crippen molar-refractivity contribution in [2.24, 2.45) is 0 Å². The standard InChI is InChI=1S/C31H33NO3/c1-24(17-25-11-5-2-6-12-25)32-21-31(33)28-18-29(34-22-26-13-7-3-8-14-26)20-30(19-28)35-23-27-15-9-4-10-16-27/h2-16,18-20,24,31-33H,17,21-23H2,1H3/t24-,31+/m1/s1. The van der Waals surface area contributed by atoms with Gasteiger partial charge in [-0.15, -0.1) is 0 Å². The maximum Gasteiger partial charge on any atom is 0.123 e. The molecule has 0 aliphatic rings. The fourth-order valence-electron chi connectivity index (χ4n) is 3.91. The van der Waals surface area contributed by atoms with Crippen molar-refractivity contribution in [1.29, 1.82) is 0 Å². The first-order valence-electron chi connectivity index (χ1n) is 12.1. The van der Waals surface area contributed by atoms with Crippen molar-refractivity contribution in [2.45, 2.75) is 38.7 Å². The molecule has 0 radical (unpaired) electrons. The Balaban J connectivity index is 1.43. The molecule has 0 heterocycles. The van der Waals surface area contributed by atoms with Crippen LogP contribution in [0.5, 0.6) is 11.5 Å². The van der Waals surface area contributed by atoms with Gasteiger partial charge in [-0.2, -0.15) is 0 Å². The summed E-state index contributed by atoms with van der Waals surface area (Å²) in [4.78, 5) is 0. The van der Waals surface area contributed by atoms with Gasteiger partial charge in [0.25, 0.3) is 0 Å². The Morgan fingerprint density at radius 3 is 1.60 bits per heavy atom. The van der Waals surface area contributed by atoms with Crippen molar-refractivity contribution in [2.75, 3.05) is 6.54 Å². The van der Waals surface area contributed by atoms with Gasteiger partial charge in [-0.1, -0.05) is 91.0 Å². The SMILES string of the molecule is C[C@H](Cc1ccccc1)NC[C@H](O)c1cc(OCc2ccccc2)cc(OCc2ccccc2)c1. The van der Waals surface area contributed by atoms with Gasteiger partial charge in [0.05, 0.1) is 6.10 Å². The van der Waals surface area contributed by atoms with Gasteiger partial charge in [-0.05, 0) is 47.7 Å². The zero-order valence-electron chi connectivity index (χ0n) is 20.1. The second-order valence-electron chi connectivity index (χ2n) is 8.80. The van der Waals surface area contributed by atoms with Gasteiger partial charge < -0.3 is 19.9 Å². The second-order valence-corrected chi connectivity index (χ2v) is 8.80. The molecular formula is C31H33NO3. The van der Waals surface area contributed by atoms with E-state index in [0.29, 0.717) is 31.3 Å². The molecule has 0 saturated heterocycles. The van der Waals surface area contributed by atoms with Gasteiger partial charge in [-0.3, -0.25) is 0 Å². The molecule has 180 valence electrons. The van der Waals surface area contributed by atoms with Gasteiger partial charge in [0.1, 0.15) is 24.7 Å². The Morgan fingerprint density at radius 1 is 0.657 bits per heavy atom. The molecule has 0 aliphatic heterocycles. The van der Waals surface area contributed by atoms with E-state index in [1.807, 2.05) is 84.9 Å². The minimum Gasteiger partial charge on any atom is -0.489 e. The maximum absolute atomic E-state index is 11.0. The highest BCUT2D eigenvalue weighted by atomic mass is 16.5. The first-order chi connectivity index (χ1) is 17.2. The summed E-state index contributed by atoms with van der Waals surface area (Å²) in [6.07, 6.45) is 0.215. The minimum atomic E-state index is -0.687. The predicted molar refractivity (Wildman–Crippen MR) is 141 cm³/mol. The lowest BCUT2D eigenvalue weighted by Crippen LogP contribution is -2.32. The van der Waals surface area contributed by atoms with Crippen LogP contribution in [-0.4, -0.2) is 17.7 Å². The number of hydrogen-bond donors (Lipinski definition) is 2. The summed E-state index contributed by atoms with van der Waals surface area (Å²) in [7, 11) is 0. The van der Waals surface area contributed by atoms with Crippen LogP contribution >= 0.6 is 0 Å². The summed E-state index contributed by atoms with van der Waals surface area (Å²) in [6.45, 7) is 3.47. The Hall–Kier alpha value is -3.60. The molecule has 4 aromatic rings. The number of hydrogen-bond acceptors (Lipinski definition) is 4. The number of aliphatic hydroxyl groups is 1. The average molecular weight is 468 g/mol. The van der Waals surface area contributed by atoms with Crippen LogP contribution in [0.2, 0.25) is 0 Å². The zero-order valence-corrected chi connectivity index (χ0v) is 20.1. The highest BCUT2D eigenvalue weighted by Crippen LogP contribution is 2.28. The van der Waals surface area contributed by atoms with Crippen molar-refractivity contribution < 1.29 is 14.6 Å². The van der Waals surface area contributed by atoms with Crippen molar-refractivity contribution in [1.82, 2.24) is 5.32 Å². The van der Waals surface area contributed by atoms with Gasteiger partial charge in [-0.25, -0.2) is 0 Å². The van der Waals surface area contributed by atoms with Crippen LogP contribution in [0.15, 0.2) is 109 Å². The highest BCUT2D eigenvalue weighted by Gasteiger charge is 2.14. The van der Waals surface area contributed by atoms with Crippen LogP contribution in [0.3, 0.4) is 0 Å². The van der Waals surface area contributed by atoms with Gasteiger partial charge >= 0.3 is 0 Å². The summed E-state index contributed by atoms with van der Waals surface area (Å²) in [6, 6.07) is 36.4. The van der Waals surface area contributed by atoms with E-state index in [0.717, 1.165) is 23.1 Å². The lowest BCUT2D eigenvalue weighted by atomic mass is 10.1. The summed E-state index contributed by atoms with van der Waals surface area (Å²) in [5.41, 5.74) is 4.20. The molecule has 4 heteroatoms. The Kier molecular flexibility index (Phi) is 8.93. The summed E-state index contributed by atoms with van der Waals surface area (Å²) in [5.74, 6) is 1.34. The summed E-state index contributed by atoms with van der Waals surface area (Å²) in [5, 5.41) is 14.4. The van der Waals surface area contributed by atoms with E-state index in [1.165, 1.54) is 5.56 Å². The van der Waals surface area contributed by atoms with E-state index in [9.17, 15) is 5.11 Å². The van der Waals surface area contributed by atoms with E-state index in [2.05, 4.69) is 36.5 Å². The van der Waals surface area contributed by atoms with Crippen molar-refractivity contribution in [3.05, 3.63) is 131 Å². The molecule has 0 aliphatic carbocycles. The van der Waals surface area contributed by atoms with Crippen LogP contribution in [-0.2, 0) is 19.6 Å². The number of rotatable bonds is 12. The molecule has 0 bridgehead atoms. The fourth-order valence-corrected chi connectivity index (χ4v) is 3.91. The molecule has 0 saturated carbocycles. The molecule has 2 atom stereocenters. The Bertz CT molecular complexity index is 1090. The van der Waals surface area contributed by atoms with Crippen molar-refractivity contribution >= 4 is 0 Å². The monoisotopic (exact) mass is 467 g/mol. The van der Waals surface area contributed by atoms with Crippen molar-refractivity contribution in [3.63, 3.8) is 0 Å². The van der Waals surface area contributed by atoms with Crippen LogP contribution in [0.4, 0.5) is 0 Å². The number of aliphatic hydroxyl groups excluding tert-OH is 1. The average Bonchev–Trinajstić information content (AvgIpc) is 2.91. The lowest BCUT2D eigenvalue weighted by Gasteiger charge is -2.19. The molecular weight excluding hydrogens is 434 g/mol. The van der Waals surface area contributed by atoms with Crippen LogP contribution < -0.4 is 14.8 Å². The Labute approximate surface area is 208 Å². The maximum atomic E-state index is 11.0. The fraction of sp³-hybridized carbons (Fsp3) is 0.226. The normalized spacial score (nSPS) is 12.6. The van der Waals surface area contributed by atoms with E-state index in [-0.39, 0.29) is 6.04 Å². The predicted octanol–water partition coefficient (Wildman–Crippen LogP) is 6.10. The van der Waals surface area contributed by atoms with E-state index in [4.69, 9.17) is 9.47 Å². The van der Waals surface area contributed by atoms with Gasteiger partial charge in [0.15, 0.2) is 0 Å². The van der Waals surface area contributed by atoms with E-state index in [1.54, 1.807) is 0 Å². The van der Waals surface area contributed by atoms with Gasteiger partial charge in [0, 0.05) is 18.7 Å². The first kappa shape index (κ1) is 24.5. The lowest BCUT2D eigenvalue weighted by molar-refractivity contribution is 0.169. The molecule has 4 rings (SSSR count). The third kappa shape index (κ3) is 7.99. The van der Waals surface area contributed by atoms with Crippen LogP contribution in [0.25, 0.3) is 0 Å². The van der Waals surface area contributed by atoms with Crippen LogP contribution in [0.1, 0.15) is 35.3 Å². The van der Waals surface area contributed by atoms with E-state index < -0.39 is 6.10 Å². The Morgan fingerprint density at radius 2 is 1.11 bits per heavy atom. The van der Waals surface area contributed by atoms with Gasteiger partial charge in [0.2, 0.25) is 0 Å². The second kappa shape index (κ2) is 12.7. The number of nitrogens with one attached hydrogen (secondary N) is 1. The molecule has 4 aromatic carbocycles. The molecule has 4 nitrogen and oxygen atoms in total. The zero-order chi connectivity index (χ0) is 24.3. The van der Waals surface area contributed by atoms with E-state index >= 15 is 0 Å². The molecule has 0 amide bonds. The molecule has 2 N–H and O–H groups in total. The quantitative estimate of drug-likeness (QED) is 0.264. The molecule has 0 spiro atoms. The molecule has 35 heavy (non-hydrogen) atoms.